The van der Waals surface area contributed by atoms with E-state index in [0.29, 0.717) is 0 Å². The van der Waals surface area contributed by atoms with E-state index in [1.54, 1.807) is 0 Å². The Labute approximate surface area is 100 Å². The summed E-state index contributed by atoms with van der Waals surface area (Å²) < 4.78 is 0. The number of unbranched alkanes of at least 4 members (excludes halogenated alkanes) is 1. The van der Waals surface area contributed by atoms with Crippen molar-refractivity contribution in [2.75, 3.05) is 13.1 Å². The fraction of sp³-hybridized carbons (Fsp3) is 0.857. The van der Waals surface area contributed by atoms with Gasteiger partial charge in [-0.3, -0.25) is 4.90 Å². The molecule has 2 atom stereocenters. The lowest BCUT2D eigenvalue weighted by molar-refractivity contribution is -0.0174. The van der Waals surface area contributed by atoms with Gasteiger partial charge < -0.3 is 5.11 Å². The van der Waals surface area contributed by atoms with E-state index >= 15 is 0 Å². The lowest BCUT2D eigenvalue weighted by atomic mass is 9.86. The van der Waals surface area contributed by atoms with Crippen LogP contribution in [-0.4, -0.2) is 34.7 Å². The number of rotatable bonds is 7. The number of aliphatic hydroxyl groups excluding tert-OH is 1. The second-order valence-electron chi connectivity index (χ2n) is 5.14. The van der Waals surface area contributed by atoms with Crippen molar-refractivity contribution in [2.24, 2.45) is 0 Å². The van der Waals surface area contributed by atoms with Crippen molar-refractivity contribution < 1.29 is 5.11 Å². The van der Waals surface area contributed by atoms with E-state index in [4.69, 9.17) is 0 Å². The summed E-state index contributed by atoms with van der Waals surface area (Å²) in [5.41, 5.74) is -0.0162. The molecule has 1 aliphatic heterocycles. The van der Waals surface area contributed by atoms with E-state index in [9.17, 15) is 5.11 Å². The monoisotopic (exact) mass is 225 g/mol. The highest BCUT2D eigenvalue weighted by Gasteiger charge is 2.37. The maximum atomic E-state index is 10.4. The molecule has 0 radical (unpaired) electrons. The van der Waals surface area contributed by atoms with Crippen LogP contribution in [0.2, 0.25) is 0 Å². The van der Waals surface area contributed by atoms with Crippen LogP contribution >= 0.6 is 0 Å². The van der Waals surface area contributed by atoms with Crippen molar-refractivity contribution in [3.63, 3.8) is 0 Å². The first kappa shape index (κ1) is 13.7. The second-order valence-corrected chi connectivity index (χ2v) is 5.14. The van der Waals surface area contributed by atoms with Crippen LogP contribution in [0.15, 0.2) is 12.7 Å². The Morgan fingerprint density at radius 1 is 1.44 bits per heavy atom. The first-order chi connectivity index (χ1) is 7.65. The second kappa shape index (κ2) is 6.41. The SMILES string of the molecule is C=CCCCC(O)C(C)(CC)N1CCCC1. The standard InChI is InChI=1S/C14H27NO/c1-4-6-7-10-13(16)14(3,5-2)15-11-8-9-12-15/h4,13,16H,1,5-12H2,2-3H3. The lowest BCUT2D eigenvalue weighted by Crippen LogP contribution is -2.53. The molecule has 0 bridgehead atoms. The Kier molecular flexibility index (Phi) is 5.50. The zero-order valence-electron chi connectivity index (χ0n) is 10.9. The predicted molar refractivity (Wildman–Crippen MR) is 69.6 cm³/mol. The number of hydrogen-bond acceptors (Lipinski definition) is 2. The van der Waals surface area contributed by atoms with Gasteiger partial charge >= 0.3 is 0 Å². The quantitative estimate of drug-likeness (QED) is 0.532. The van der Waals surface area contributed by atoms with Crippen LogP contribution in [0.25, 0.3) is 0 Å². The molecule has 0 amide bonds. The minimum absolute atomic E-state index is 0.0162. The Bertz CT molecular complexity index is 211. The van der Waals surface area contributed by atoms with Crippen molar-refractivity contribution in [1.82, 2.24) is 4.90 Å². The van der Waals surface area contributed by atoms with Crippen LogP contribution in [0.3, 0.4) is 0 Å². The van der Waals surface area contributed by atoms with Gasteiger partial charge in [0.2, 0.25) is 0 Å². The molecule has 0 saturated carbocycles. The molecule has 1 N–H and O–H groups in total. The third kappa shape index (κ3) is 3.08. The van der Waals surface area contributed by atoms with E-state index in [-0.39, 0.29) is 11.6 Å². The van der Waals surface area contributed by atoms with Gasteiger partial charge in [0.15, 0.2) is 0 Å². The normalized spacial score (nSPS) is 22.9. The molecule has 2 unspecified atom stereocenters. The van der Waals surface area contributed by atoms with Crippen LogP contribution in [0.1, 0.15) is 52.4 Å². The van der Waals surface area contributed by atoms with Crippen molar-refractivity contribution in [3.8, 4) is 0 Å². The highest BCUT2D eigenvalue weighted by molar-refractivity contribution is 4.94. The molecule has 1 saturated heterocycles. The number of allylic oxidation sites excluding steroid dienone is 1. The number of nitrogens with zero attached hydrogens (tertiary/aromatic N) is 1. The van der Waals surface area contributed by atoms with E-state index in [2.05, 4.69) is 25.3 Å². The van der Waals surface area contributed by atoms with Crippen molar-refractivity contribution >= 4 is 0 Å². The molecule has 0 aliphatic carbocycles. The molecule has 0 spiro atoms. The molecule has 0 aromatic carbocycles. The summed E-state index contributed by atoms with van der Waals surface area (Å²) in [5.74, 6) is 0. The molecule has 1 rings (SSSR count). The van der Waals surface area contributed by atoms with E-state index in [1.807, 2.05) is 6.08 Å². The highest BCUT2D eigenvalue weighted by Crippen LogP contribution is 2.30. The summed E-state index contributed by atoms with van der Waals surface area (Å²) in [6.45, 7) is 10.4. The molecule has 1 heterocycles. The predicted octanol–water partition coefficient (Wildman–Crippen LogP) is 2.97. The van der Waals surface area contributed by atoms with Gasteiger partial charge in [-0.1, -0.05) is 13.0 Å². The molecule has 0 aromatic heterocycles. The van der Waals surface area contributed by atoms with Gasteiger partial charge in [0.05, 0.1) is 6.10 Å². The van der Waals surface area contributed by atoms with Gasteiger partial charge in [-0.2, -0.15) is 0 Å². The first-order valence-corrected chi connectivity index (χ1v) is 6.69. The Morgan fingerprint density at radius 2 is 2.06 bits per heavy atom. The third-order valence-electron chi connectivity index (χ3n) is 4.15. The summed E-state index contributed by atoms with van der Waals surface area (Å²) >= 11 is 0. The average molecular weight is 225 g/mol. The molecule has 2 heteroatoms. The van der Waals surface area contributed by atoms with E-state index in [0.717, 1.165) is 38.8 Å². The molecular formula is C14H27NO. The summed E-state index contributed by atoms with van der Waals surface area (Å²) in [6, 6.07) is 0. The highest BCUT2D eigenvalue weighted by atomic mass is 16.3. The van der Waals surface area contributed by atoms with Gasteiger partial charge in [0.25, 0.3) is 0 Å². The third-order valence-corrected chi connectivity index (χ3v) is 4.15. The molecule has 0 aromatic rings. The topological polar surface area (TPSA) is 23.5 Å². The molecule has 94 valence electrons. The molecule has 1 aliphatic rings. The van der Waals surface area contributed by atoms with Crippen LogP contribution in [0, 0.1) is 0 Å². The van der Waals surface area contributed by atoms with E-state index < -0.39 is 0 Å². The molecule has 2 nitrogen and oxygen atoms in total. The average Bonchev–Trinajstić information content (AvgIpc) is 2.82. The smallest absolute Gasteiger partial charge is 0.0721 e. The van der Waals surface area contributed by atoms with Gasteiger partial charge in [-0.05, 0) is 58.5 Å². The summed E-state index contributed by atoms with van der Waals surface area (Å²) in [5, 5.41) is 10.4. The largest absolute Gasteiger partial charge is 0.391 e. The van der Waals surface area contributed by atoms with Crippen LogP contribution in [0.5, 0.6) is 0 Å². The Balaban J connectivity index is 2.51. The van der Waals surface area contributed by atoms with Crippen molar-refractivity contribution in [1.29, 1.82) is 0 Å². The fourth-order valence-electron chi connectivity index (χ4n) is 2.66. The maximum Gasteiger partial charge on any atom is 0.0721 e. The van der Waals surface area contributed by atoms with Gasteiger partial charge in [0, 0.05) is 5.54 Å². The minimum atomic E-state index is -0.199. The van der Waals surface area contributed by atoms with Crippen LogP contribution in [-0.2, 0) is 0 Å². The van der Waals surface area contributed by atoms with E-state index in [1.165, 1.54) is 12.8 Å². The number of hydrogen-bond donors (Lipinski definition) is 1. The van der Waals surface area contributed by atoms with Gasteiger partial charge in [-0.15, -0.1) is 6.58 Å². The Hall–Kier alpha value is -0.340. The molecular weight excluding hydrogens is 198 g/mol. The van der Waals surface area contributed by atoms with Crippen molar-refractivity contribution in [3.05, 3.63) is 12.7 Å². The Morgan fingerprint density at radius 3 is 2.56 bits per heavy atom. The van der Waals surface area contributed by atoms with Crippen LogP contribution < -0.4 is 0 Å². The maximum absolute atomic E-state index is 10.4. The first-order valence-electron chi connectivity index (χ1n) is 6.69. The minimum Gasteiger partial charge on any atom is -0.391 e. The summed E-state index contributed by atoms with van der Waals surface area (Å²) in [7, 11) is 0. The summed E-state index contributed by atoms with van der Waals surface area (Å²) in [4.78, 5) is 2.48. The number of likely N-dealkylation sites (tertiary alicyclic amines) is 1. The lowest BCUT2D eigenvalue weighted by Gasteiger charge is -2.42. The van der Waals surface area contributed by atoms with Crippen LogP contribution in [0.4, 0.5) is 0 Å². The zero-order chi connectivity index (χ0) is 12.0. The van der Waals surface area contributed by atoms with Gasteiger partial charge in [-0.25, -0.2) is 0 Å². The van der Waals surface area contributed by atoms with Crippen molar-refractivity contribution in [2.45, 2.75) is 64.0 Å². The zero-order valence-corrected chi connectivity index (χ0v) is 10.9. The molecule has 16 heavy (non-hydrogen) atoms. The number of aliphatic hydroxyl groups is 1. The van der Waals surface area contributed by atoms with Gasteiger partial charge in [0.1, 0.15) is 0 Å². The molecule has 1 fully saturated rings. The fourth-order valence-corrected chi connectivity index (χ4v) is 2.66. The summed E-state index contributed by atoms with van der Waals surface area (Å²) in [6.07, 6.45) is 8.30.